The fourth-order valence-corrected chi connectivity index (χ4v) is 2.92. The number of rotatable bonds is 5. The Hall–Kier alpha value is -0.550. The Bertz CT molecular complexity index is 321. The number of aromatic nitrogens is 2. The van der Waals surface area contributed by atoms with Crippen molar-refractivity contribution in [3.05, 3.63) is 11.7 Å². The first kappa shape index (κ1) is 11.9. The lowest BCUT2D eigenvalue weighted by Crippen LogP contribution is -2.19. The third-order valence-electron chi connectivity index (χ3n) is 2.53. The molecule has 90 valence electrons. The molecule has 1 unspecified atom stereocenters. The number of hydrogen-bond donors (Lipinski definition) is 1. The molecule has 16 heavy (non-hydrogen) atoms. The standard InChI is InChI=1S/C11H19N3OS/c1-8(2)6-12-7-10-13-11(14-15-10)9-4-3-5-16-9/h8-9,12H,3-7H2,1-2H3. The molecule has 2 rings (SSSR count). The molecule has 1 fully saturated rings. The van der Waals surface area contributed by atoms with Gasteiger partial charge >= 0.3 is 0 Å². The van der Waals surface area contributed by atoms with Crippen LogP contribution in [0.15, 0.2) is 4.52 Å². The Labute approximate surface area is 101 Å². The summed E-state index contributed by atoms with van der Waals surface area (Å²) >= 11 is 1.93. The molecular formula is C11H19N3OS. The molecule has 0 radical (unpaired) electrons. The van der Waals surface area contributed by atoms with Gasteiger partial charge < -0.3 is 9.84 Å². The van der Waals surface area contributed by atoms with Crippen LogP contribution in [0.2, 0.25) is 0 Å². The lowest BCUT2D eigenvalue weighted by Gasteiger charge is -2.03. The van der Waals surface area contributed by atoms with Crippen LogP contribution in [-0.4, -0.2) is 22.4 Å². The van der Waals surface area contributed by atoms with Gasteiger partial charge in [-0.15, -0.1) is 0 Å². The fraction of sp³-hybridized carbons (Fsp3) is 0.818. The first-order valence-electron chi connectivity index (χ1n) is 5.90. The van der Waals surface area contributed by atoms with Crippen LogP contribution in [0, 0.1) is 5.92 Å². The van der Waals surface area contributed by atoms with Crippen LogP contribution in [0.4, 0.5) is 0 Å². The van der Waals surface area contributed by atoms with Gasteiger partial charge in [-0.3, -0.25) is 0 Å². The molecule has 2 heterocycles. The summed E-state index contributed by atoms with van der Waals surface area (Å²) in [6.07, 6.45) is 2.45. The molecular weight excluding hydrogens is 222 g/mol. The van der Waals surface area contributed by atoms with Crippen molar-refractivity contribution < 1.29 is 4.52 Å². The molecule has 0 aliphatic carbocycles. The largest absolute Gasteiger partial charge is 0.338 e. The van der Waals surface area contributed by atoms with Crippen LogP contribution >= 0.6 is 11.8 Å². The lowest BCUT2D eigenvalue weighted by atomic mass is 10.2. The van der Waals surface area contributed by atoms with E-state index in [1.54, 1.807) is 0 Å². The predicted octanol–water partition coefficient (Wildman–Crippen LogP) is 2.38. The highest BCUT2D eigenvalue weighted by atomic mass is 32.2. The van der Waals surface area contributed by atoms with E-state index in [0.29, 0.717) is 23.6 Å². The van der Waals surface area contributed by atoms with E-state index < -0.39 is 0 Å². The number of nitrogens with one attached hydrogen (secondary N) is 1. The summed E-state index contributed by atoms with van der Waals surface area (Å²) in [5.74, 6) is 3.46. The highest BCUT2D eigenvalue weighted by Gasteiger charge is 2.22. The van der Waals surface area contributed by atoms with Gasteiger partial charge in [-0.1, -0.05) is 19.0 Å². The van der Waals surface area contributed by atoms with Gasteiger partial charge in [-0.05, 0) is 31.1 Å². The van der Waals surface area contributed by atoms with Gasteiger partial charge in [0.2, 0.25) is 5.89 Å². The predicted molar refractivity (Wildman–Crippen MR) is 65.3 cm³/mol. The number of hydrogen-bond acceptors (Lipinski definition) is 5. The summed E-state index contributed by atoms with van der Waals surface area (Å²) in [5, 5.41) is 7.81. The minimum atomic E-state index is 0.461. The Balaban J connectivity index is 1.82. The fourth-order valence-electron chi connectivity index (χ4n) is 1.72. The summed E-state index contributed by atoms with van der Waals surface area (Å²) in [4.78, 5) is 4.43. The molecule has 5 heteroatoms. The van der Waals surface area contributed by atoms with Gasteiger partial charge in [-0.25, -0.2) is 0 Å². The van der Waals surface area contributed by atoms with E-state index in [0.717, 1.165) is 12.4 Å². The van der Waals surface area contributed by atoms with Crippen LogP contribution in [0.5, 0.6) is 0 Å². The van der Waals surface area contributed by atoms with E-state index in [1.807, 2.05) is 11.8 Å². The average Bonchev–Trinajstić information content (AvgIpc) is 2.85. The SMILES string of the molecule is CC(C)CNCc1nc(C2CCCS2)no1. The Kier molecular flexibility index (Phi) is 4.23. The van der Waals surface area contributed by atoms with Crippen molar-refractivity contribution in [2.45, 2.75) is 38.5 Å². The van der Waals surface area contributed by atoms with E-state index in [-0.39, 0.29) is 0 Å². The minimum Gasteiger partial charge on any atom is -0.338 e. The summed E-state index contributed by atoms with van der Waals surface area (Å²) in [5.41, 5.74) is 0. The summed E-state index contributed by atoms with van der Waals surface area (Å²) in [7, 11) is 0. The van der Waals surface area contributed by atoms with Crippen molar-refractivity contribution in [1.29, 1.82) is 0 Å². The van der Waals surface area contributed by atoms with Crippen LogP contribution in [-0.2, 0) is 6.54 Å². The zero-order valence-corrected chi connectivity index (χ0v) is 10.7. The van der Waals surface area contributed by atoms with Gasteiger partial charge in [0.25, 0.3) is 0 Å². The molecule has 0 amide bonds. The molecule has 1 aromatic rings. The van der Waals surface area contributed by atoms with E-state index in [1.165, 1.54) is 18.6 Å². The van der Waals surface area contributed by atoms with Crippen LogP contribution in [0.25, 0.3) is 0 Å². The van der Waals surface area contributed by atoms with Gasteiger partial charge in [0.05, 0.1) is 11.8 Å². The van der Waals surface area contributed by atoms with Crippen LogP contribution < -0.4 is 5.32 Å². The van der Waals surface area contributed by atoms with Crippen LogP contribution in [0.1, 0.15) is 43.7 Å². The maximum atomic E-state index is 5.22. The molecule has 0 aromatic carbocycles. The first-order valence-corrected chi connectivity index (χ1v) is 6.95. The third-order valence-corrected chi connectivity index (χ3v) is 3.90. The highest BCUT2D eigenvalue weighted by molar-refractivity contribution is 7.99. The van der Waals surface area contributed by atoms with Crippen molar-refractivity contribution >= 4 is 11.8 Å². The van der Waals surface area contributed by atoms with Gasteiger partial charge in [-0.2, -0.15) is 16.7 Å². The molecule has 1 atom stereocenters. The summed E-state index contributed by atoms with van der Waals surface area (Å²) in [6.45, 7) is 6.03. The van der Waals surface area contributed by atoms with Gasteiger partial charge in [0.1, 0.15) is 0 Å². The van der Waals surface area contributed by atoms with Gasteiger partial charge in [0.15, 0.2) is 5.82 Å². The smallest absolute Gasteiger partial charge is 0.240 e. The van der Waals surface area contributed by atoms with Crippen molar-refractivity contribution in [2.24, 2.45) is 5.92 Å². The molecule has 4 nitrogen and oxygen atoms in total. The second-order valence-electron chi connectivity index (χ2n) is 4.57. The van der Waals surface area contributed by atoms with E-state index in [2.05, 4.69) is 29.3 Å². The molecule has 0 bridgehead atoms. The molecule has 1 aliphatic heterocycles. The molecule has 1 saturated heterocycles. The maximum absolute atomic E-state index is 5.22. The van der Waals surface area contributed by atoms with E-state index in [9.17, 15) is 0 Å². The maximum Gasteiger partial charge on any atom is 0.240 e. The van der Waals surface area contributed by atoms with Gasteiger partial charge in [0, 0.05) is 0 Å². The topological polar surface area (TPSA) is 51.0 Å². The first-order chi connectivity index (χ1) is 7.75. The zero-order valence-electron chi connectivity index (χ0n) is 9.90. The van der Waals surface area contributed by atoms with E-state index >= 15 is 0 Å². The highest BCUT2D eigenvalue weighted by Crippen LogP contribution is 2.38. The zero-order chi connectivity index (χ0) is 11.4. The van der Waals surface area contributed by atoms with Crippen molar-refractivity contribution in [1.82, 2.24) is 15.5 Å². The molecule has 0 saturated carbocycles. The third kappa shape index (κ3) is 3.22. The Morgan fingerprint density at radius 1 is 1.56 bits per heavy atom. The Morgan fingerprint density at radius 2 is 2.44 bits per heavy atom. The lowest BCUT2D eigenvalue weighted by molar-refractivity contribution is 0.359. The van der Waals surface area contributed by atoms with Crippen molar-refractivity contribution in [2.75, 3.05) is 12.3 Å². The number of thioether (sulfide) groups is 1. The normalized spacial score (nSPS) is 20.8. The second kappa shape index (κ2) is 5.68. The molecule has 1 N–H and O–H groups in total. The van der Waals surface area contributed by atoms with E-state index in [4.69, 9.17) is 4.52 Å². The average molecular weight is 241 g/mol. The monoisotopic (exact) mass is 241 g/mol. The molecule has 0 spiro atoms. The number of nitrogens with zero attached hydrogens (tertiary/aromatic N) is 2. The second-order valence-corrected chi connectivity index (χ2v) is 5.88. The Morgan fingerprint density at radius 3 is 3.12 bits per heavy atom. The molecule has 1 aliphatic rings. The minimum absolute atomic E-state index is 0.461. The van der Waals surface area contributed by atoms with Crippen molar-refractivity contribution in [3.63, 3.8) is 0 Å². The molecule has 1 aromatic heterocycles. The van der Waals surface area contributed by atoms with Crippen molar-refractivity contribution in [3.8, 4) is 0 Å². The summed E-state index contributed by atoms with van der Waals surface area (Å²) < 4.78 is 5.22. The quantitative estimate of drug-likeness (QED) is 0.857. The van der Waals surface area contributed by atoms with Crippen LogP contribution in [0.3, 0.4) is 0 Å². The summed E-state index contributed by atoms with van der Waals surface area (Å²) in [6, 6.07) is 0.